The van der Waals surface area contributed by atoms with Crippen LogP contribution in [0.5, 0.6) is 5.75 Å². The lowest BCUT2D eigenvalue weighted by molar-refractivity contribution is 0.101. The van der Waals surface area contributed by atoms with Crippen molar-refractivity contribution in [2.45, 2.75) is 13.3 Å². The lowest BCUT2D eigenvalue weighted by atomic mass is 10.1. The number of phenols is 1. The van der Waals surface area contributed by atoms with Gasteiger partial charge in [-0.2, -0.15) is 5.10 Å². The number of aliphatic imine (C=N–C) groups is 1. The van der Waals surface area contributed by atoms with Crippen molar-refractivity contribution < 1.29 is 9.90 Å². The normalized spacial score (nSPS) is 10.9. The molecule has 1 aromatic heterocycles. The standard InChI is InChI=1S/C22H22N4O2/c1-4-7-16-9-6-10-17(21(16)27)13-23-19-14-24-26(3)20(19)22(28)25-18-11-5-8-15(2)12-18/h4-6,8-14,27H,1,7H2,2-3H3,(H,25,28). The zero-order chi connectivity index (χ0) is 20.1. The lowest BCUT2D eigenvalue weighted by Crippen LogP contribution is -2.16. The van der Waals surface area contributed by atoms with Gasteiger partial charge in [0.2, 0.25) is 0 Å². The van der Waals surface area contributed by atoms with Crippen molar-refractivity contribution in [2.75, 3.05) is 5.32 Å². The molecule has 0 unspecified atom stereocenters. The Morgan fingerprint density at radius 3 is 2.86 bits per heavy atom. The van der Waals surface area contributed by atoms with E-state index in [1.54, 1.807) is 19.2 Å². The molecule has 0 saturated carbocycles. The molecule has 0 aliphatic carbocycles. The van der Waals surface area contributed by atoms with Crippen LogP contribution in [-0.2, 0) is 13.5 Å². The molecule has 28 heavy (non-hydrogen) atoms. The Morgan fingerprint density at radius 2 is 2.11 bits per heavy atom. The summed E-state index contributed by atoms with van der Waals surface area (Å²) in [6.45, 7) is 5.65. The quantitative estimate of drug-likeness (QED) is 0.502. The SMILES string of the molecule is C=CCc1cccc(C=Nc2cnn(C)c2C(=O)Nc2cccc(C)c2)c1O. The first-order chi connectivity index (χ1) is 13.5. The molecule has 2 aromatic carbocycles. The van der Waals surface area contributed by atoms with Crippen molar-refractivity contribution in [3.8, 4) is 5.75 Å². The van der Waals surface area contributed by atoms with Gasteiger partial charge in [-0.05, 0) is 42.7 Å². The molecule has 6 heteroatoms. The third kappa shape index (κ3) is 4.17. The highest BCUT2D eigenvalue weighted by Crippen LogP contribution is 2.24. The van der Waals surface area contributed by atoms with E-state index in [2.05, 4.69) is 22.0 Å². The molecule has 0 spiro atoms. The maximum atomic E-state index is 12.7. The minimum Gasteiger partial charge on any atom is -0.507 e. The van der Waals surface area contributed by atoms with Gasteiger partial charge in [0, 0.05) is 24.5 Å². The van der Waals surface area contributed by atoms with Crippen molar-refractivity contribution in [2.24, 2.45) is 12.0 Å². The molecule has 0 fully saturated rings. The molecule has 0 radical (unpaired) electrons. The van der Waals surface area contributed by atoms with Gasteiger partial charge in [-0.1, -0.05) is 30.3 Å². The van der Waals surface area contributed by atoms with Crippen molar-refractivity contribution in [3.05, 3.63) is 83.7 Å². The lowest BCUT2D eigenvalue weighted by Gasteiger charge is -2.07. The number of para-hydroxylation sites is 1. The summed E-state index contributed by atoms with van der Waals surface area (Å²) in [6.07, 6.45) is 5.34. The van der Waals surface area contributed by atoms with E-state index in [0.29, 0.717) is 29.1 Å². The molecule has 2 N–H and O–H groups in total. The second-order valence-corrected chi connectivity index (χ2v) is 6.43. The largest absolute Gasteiger partial charge is 0.507 e. The molecule has 0 aliphatic heterocycles. The predicted molar refractivity (Wildman–Crippen MR) is 112 cm³/mol. The van der Waals surface area contributed by atoms with Crippen LogP contribution in [0.2, 0.25) is 0 Å². The van der Waals surface area contributed by atoms with E-state index in [0.717, 1.165) is 11.1 Å². The molecule has 0 saturated heterocycles. The van der Waals surface area contributed by atoms with Crippen molar-refractivity contribution in [3.63, 3.8) is 0 Å². The molecule has 1 heterocycles. The van der Waals surface area contributed by atoms with E-state index in [1.165, 1.54) is 17.1 Å². The second kappa shape index (κ2) is 8.35. The maximum absolute atomic E-state index is 12.7. The number of nitrogens with zero attached hydrogens (tertiary/aromatic N) is 3. The van der Waals surface area contributed by atoms with E-state index < -0.39 is 0 Å². The molecule has 6 nitrogen and oxygen atoms in total. The van der Waals surface area contributed by atoms with Gasteiger partial charge in [-0.15, -0.1) is 6.58 Å². The van der Waals surface area contributed by atoms with E-state index in [9.17, 15) is 9.90 Å². The van der Waals surface area contributed by atoms with Crippen molar-refractivity contribution >= 4 is 23.5 Å². The van der Waals surface area contributed by atoms with Crippen LogP contribution in [0.3, 0.4) is 0 Å². The third-order valence-electron chi connectivity index (χ3n) is 4.27. The van der Waals surface area contributed by atoms with Crippen LogP contribution < -0.4 is 5.32 Å². The van der Waals surface area contributed by atoms with Crippen LogP contribution in [0.1, 0.15) is 27.2 Å². The summed E-state index contributed by atoms with van der Waals surface area (Å²) in [5, 5.41) is 17.4. The summed E-state index contributed by atoms with van der Waals surface area (Å²) < 4.78 is 1.48. The fourth-order valence-corrected chi connectivity index (χ4v) is 2.87. The zero-order valence-corrected chi connectivity index (χ0v) is 15.9. The van der Waals surface area contributed by atoms with Crippen LogP contribution in [0.4, 0.5) is 11.4 Å². The number of carbonyl (C=O) groups excluding carboxylic acids is 1. The highest BCUT2D eigenvalue weighted by atomic mass is 16.3. The van der Waals surface area contributed by atoms with Crippen LogP contribution in [0.15, 0.2) is 66.3 Å². The predicted octanol–water partition coefficient (Wildman–Crippen LogP) is 4.17. The van der Waals surface area contributed by atoms with Crippen LogP contribution in [0, 0.1) is 6.92 Å². The first-order valence-corrected chi connectivity index (χ1v) is 8.85. The van der Waals surface area contributed by atoms with Gasteiger partial charge in [0.1, 0.15) is 11.4 Å². The number of aryl methyl sites for hydroxylation is 2. The number of rotatable bonds is 6. The number of hydrogen-bond acceptors (Lipinski definition) is 4. The first kappa shape index (κ1) is 19.1. The van der Waals surface area contributed by atoms with Gasteiger partial charge >= 0.3 is 0 Å². The summed E-state index contributed by atoms with van der Waals surface area (Å²) >= 11 is 0. The van der Waals surface area contributed by atoms with E-state index >= 15 is 0 Å². The molecule has 0 bridgehead atoms. The molecule has 3 rings (SSSR count). The number of allylic oxidation sites excluding steroid dienone is 1. The average molecular weight is 374 g/mol. The molecular formula is C22H22N4O2. The summed E-state index contributed by atoms with van der Waals surface area (Å²) in [5.41, 5.74) is 3.84. The van der Waals surface area contributed by atoms with Gasteiger partial charge in [0.05, 0.1) is 6.20 Å². The Kier molecular flexibility index (Phi) is 5.69. The summed E-state index contributed by atoms with van der Waals surface area (Å²) in [7, 11) is 1.69. The van der Waals surface area contributed by atoms with Crippen LogP contribution >= 0.6 is 0 Å². The minimum absolute atomic E-state index is 0.154. The number of aromatic nitrogens is 2. The maximum Gasteiger partial charge on any atom is 0.276 e. The molecule has 3 aromatic rings. The van der Waals surface area contributed by atoms with Crippen LogP contribution in [-0.4, -0.2) is 27.0 Å². The molecule has 0 aliphatic rings. The average Bonchev–Trinajstić information content (AvgIpc) is 3.03. The van der Waals surface area contributed by atoms with Crippen molar-refractivity contribution in [1.82, 2.24) is 9.78 Å². The summed E-state index contributed by atoms with van der Waals surface area (Å²) in [6, 6.07) is 13.0. The topological polar surface area (TPSA) is 79.5 Å². The number of anilines is 1. The first-order valence-electron chi connectivity index (χ1n) is 8.85. The smallest absolute Gasteiger partial charge is 0.276 e. The number of aromatic hydroxyl groups is 1. The monoisotopic (exact) mass is 374 g/mol. The molecule has 142 valence electrons. The Labute approximate surface area is 163 Å². The van der Waals surface area contributed by atoms with Crippen molar-refractivity contribution in [1.29, 1.82) is 0 Å². The fourth-order valence-electron chi connectivity index (χ4n) is 2.87. The number of amides is 1. The van der Waals surface area contributed by atoms with Gasteiger partial charge < -0.3 is 10.4 Å². The number of nitrogens with one attached hydrogen (secondary N) is 1. The highest BCUT2D eigenvalue weighted by molar-refractivity contribution is 6.06. The molecular weight excluding hydrogens is 352 g/mol. The van der Waals surface area contributed by atoms with Gasteiger partial charge in [0.25, 0.3) is 5.91 Å². The number of benzene rings is 2. The molecule has 1 amide bonds. The minimum atomic E-state index is -0.303. The summed E-state index contributed by atoms with van der Waals surface area (Å²) in [5.74, 6) is -0.150. The van der Waals surface area contributed by atoms with Gasteiger partial charge in [-0.3, -0.25) is 14.5 Å². The van der Waals surface area contributed by atoms with E-state index in [-0.39, 0.29) is 11.7 Å². The molecule has 0 atom stereocenters. The van der Waals surface area contributed by atoms with Gasteiger partial charge in [-0.25, -0.2) is 0 Å². The number of phenolic OH excluding ortho intramolecular Hbond substituents is 1. The Bertz CT molecular complexity index is 1050. The second-order valence-electron chi connectivity index (χ2n) is 6.43. The summed E-state index contributed by atoms with van der Waals surface area (Å²) in [4.78, 5) is 17.1. The zero-order valence-electron chi connectivity index (χ0n) is 15.9. The Balaban J connectivity index is 1.87. The fraction of sp³-hybridized carbons (Fsp3) is 0.136. The Morgan fingerprint density at radius 1 is 1.32 bits per heavy atom. The number of hydrogen-bond donors (Lipinski definition) is 2. The number of carbonyl (C=O) groups is 1. The van der Waals surface area contributed by atoms with Crippen LogP contribution in [0.25, 0.3) is 0 Å². The highest BCUT2D eigenvalue weighted by Gasteiger charge is 2.17. The third-order valence-corrected chi connectivity index (χ3v) is 4.27. The van der Waals surface area contributed by atoms with E-state index in [4.69, 9.17) is 0 Å². The Hall–Kier alpha value is -3.67. The van der Waals surface area contributed by atoms with Gasteiger partial charge in [0.15, 0.2) is 5.69 Å². The van der Waals surface area contributed by atoms with E-state index in [1.807, 2.05) is 43.3 Å².